The van der Waals surface area contributed by atoms with Crippen LogP contribution in [-0.4, -0.2) is 62.8 Å². The maximum absolute atomic E-state index is 15.8. The van der Waals surface area contributed by atoms with Gasteiger partial charge in [-0.1, -0.05) is 31.2 Å². The lowest BCUT2D eigenvalue weighted by Crippen LogP contribution is -2.54. The first kappa shape index (κ1) is 25.4. The van der Waals surface area contributed by atoms with E-state index in [2.05, 4.69) is 25.2 Å². The van der Waals surface area contributed by atoms with Crippen LogP contribution >= 0.6 is 0 Å². The average Bonchev–Trinajstić information content (AvgIpc) is 3.53. The van der Waals surface area contributed by atoms with E-state index in [0.717, 1.165) is 23.4 Å². The Balaban J connectivity index is 1.47. The second-order valence-electron chi connectivity index (χ2n) is 8.98. The van der Waals surface area contributed by atoms with Gasteiger partial charge in [0.1, 0.15) is 11.7 Å². The Kier molecular flexibility index (Phi) is 7.39. The molecule has 1 aromatic carbocycles. The zero-order chi connectivity index (χ0) is 25.9. The molecule has 3 N–H and O–H groups in total. The largest absolute Gasteiger partial charge is 0.453 e. The molecular weight excluding hydrogens is 465 g/mol. The fourth-order valence-corrected chi connectivity index (χ4v) is 4.71. The van der Waals surface area contributed by atoms with Crippen molar-refractivity contribution >= 4 is 17.8 Å². The van der Waals surface area contributed by atoms with Gasteiger partial charge >= 0.3 is 6.09 Å². The molecule has 1 aliphatic rings. The van der Waals surface area contributed by atoms with Crippen molar-refractivity contribution in [2.24, 2.45) is 5.73 Å². The number of nitrogens with two attached hydrogens (primary N) is 1. The van der Waals surface area contributed by atoms with Gasteiger partial charge in [0.05, 0.1) is 18.3 Å². The van der Waals surface area contributed by atoms with E-state index < -0.39 is 23.7 Å². The summed E-state index contributed by atoms with van der Waals surface area (Å²) in [7, 11) is 1.20. The third kappa shape index (κ3) is 4.97. The quantitative estimate of drug-likeness (QED) is 0.492. The summed E-state index contributed by atoms with van der Waals surface area (Å²) in [5.41, 5.74) is 7.57. The fraction of sp³-hybridized carbons (Fsp3) is 0.440. The molecule has 4 rings (SSSR count). The number of methoxy groups -OCH3 is 1. The number of likely N-dealkylation sites (tertiary alicyclic amines) is 1. The summed E-state index contributed by atoms with van der Waals surface area (Å²) >= 11 is 0. The Bertz CT molecular complexity index is 1220. The molecule has 3 aromatic rings. The molecule has 2 unspecified atom stereocenters. The van der Waals surface area contributed by atoms with Crippen molar-refractivity contribution in [3.05, 3.63) is 53.9 Å². The van der Waals surface area contributed by atoms with Crippen LogP contribution in [0.3, 0.4) is 0 Å². The number of carbonyl (C=O) groups is 2. The second-order valence-corrected chi connectivity index (χ2v) is 8.98. The number of aryl methyl sites for hydroxylation is 1. The molecule has 2 atom stereocenters. The van der Waals surface area contributed by atoms with Crippen molar-refractivity contribution in [2.45, 2.75) is 51.5 Å². The van der Waals surface area contributed by atoms with Gasteiger partial charge in [0.2, 0.25) is 0 Å². The van der Waals surface area contributed by atoms with Crippen LogP contribution in [0, 0.1) is 0 Å². The van der Waals surface area contributed by atoms with Gasteiger partial charge in [-0.05, 0) is 31.4 Å². The van der Waals surface area contributed by atoms with Gasteiger partial charge in [-0.3, -0.25) is 24.4 Å². The van der Waals surface area contributed by atoms with E-state index in [1.54, 1.807) is 0 Å². The number of halogens is 1. The third-order valence-electron chi connectivity index (χ3n) is 6.94. The maximum atomic E-state index is 15.8. The molecule has 0 spiro atoms. The van der Waals surface area contributed by atoms with Crippen molar-refractivity contribution < 1.29 is 18.7 Å². The Labute approximate surface area is 209 Å². The van der Waals surface area contributed by atoms with E-state index in [4.69, 9.17) is 5.73 Å². The Hall–Kier alpha value is -3.73. The lowest BCUT2D eigenvalue weighted by Gasteiger charge is -2.44. The van der Waals surface area contributed by atoms with Crippen LogP contribution < -0.4 is 11.1 Å². The van der Waals surface area contributed by atoms with E-state index in [9.17, 15) is 9.59 Å². The number of nitrogens with one attached hydrogen (secondary N) is 1. The van der Waals surface area contributed by atoms with Gasteiger partial charge < -0.3 is 10.5 Å². The molecule has 1 aliphatic heterocycles. The number of amides is 2. The van der Waals surface area contributed by atoms with Crippen LogP contribution in [0.5, 0.6) is 0 Å². The van der Waals surface area contributed by atoms with Gasteiger partial charge in [-0.25, -0.2) is 9.18 Å². The molecule has 192 valence electrons. The predicted molar refractivity (Wildman–Crippen MR) is 133 cm³/mol. The number of rotatable bonds is 8. The number of primary amides is 1. The number of hydrogen-bond acceptors (Lipinski definition) is 6. The van der Waals surface area contributed by atoms with E-state index >= 15 is 4.39 Å². The molecule has 0 radical (unpaired) electrons. The molecule has 11 heteroatoms. The number of benzene rings is 1. The highest BCUT2D eigenvalue weighted by molar-refractivity contribution is 6.00. The lowest BCUT2D eigenvalue weighted by molar-refractivity contribution is 0.00156. The molecule has 2 aromatic heterocycles. The number of ether oxygens (including phenoxy) is 1. The minimum Gasteiger partial charge on any atom is -0.453 e. The molecule has 2 amide bonds. The molecule has 36 heavy (non-hydrogen) atoms. The van der Waals surface area contributed by atoms with Crippen LogP contribution in [0.4, 0.5) is 15.0 Å². The van der Waals surface area contributed by atoms with Crippen molar-refractivity contribution in [2.75, 3.05) is 25.5 Å². The van der Waals surface area contributed by atoms with Gasteiger partial charge in [-0.15, -0.1) is 0 Å². The van der Waals surface area contributed by atoms with Crippen LogP contribution in [0.1, 0.15) is 42.6 Å². The summed E-state index contributed by atoms with van der Waals surface area (Å²) in [6, 6.07) is 10.2. The summed E-state index contributed by atoms with van der Waals surface area (Å²) in [4.78, 5) is 25.7. The first-order valence-corrected chi connectivity index (χ1v) is 12.0. The summed E-state index contributed by atoms with van der Waals surface area (Å²) in [6.45, 7) is 6.22. The summed E-state index contributed by atoms with van der Waals surface area (Å²) in [5.74, 6) is -0.808. The Morgan fingerprint density at radius 2 is 1.97 bits per heavy atom. The van der Waals surface area contributed by atoms with E-state index in [-0.39, 0.29) is 17.9 Å². The van der Waals surface area contributed by atoms with Crippen LogP contribution in [-0.2, 0) is 23.4 Å². The van der Waals surface area contributed by atoms with E-state index in [1.807, 2.05) is 55.1 Å². The standard InChI is InChI=1S/C25H32FN7O3/c1-4-25(33-15-19(22(27)34)23(30-33)28-24(35)36-3)11-13-31(16-21(25)26)14-17-6-8-18(9-7-17)20-10-12-32(5-2)29-20/h6-10,12,15,21H,4-5,11,13-14,16H2,1-3H3,(H2,27,34)(H,28,30,35). The molecule has 10 nitrogen and oxygen atoms in total. The minimum atomic E-state index is -1.25. The number of aromatic nitrogens is 4. The van der Waals surface area contributed by atoms with Crippen molar-refractivity contribution in [1.82, 2.24) is 24.5 Å². The average molecular weight is 498 g/mol. The zero-order valence-corrected chi connectivity index (χ0v) is 20.8. The van der Waals surface area contributed by atoms with Crippen molar-refractivity contribution in [3.63, 3.8) is 0 Å². The van der Waals surface area contributed by atoms with E-state index in [0.29, 0.717) is 25.9 Å². The highest BCUT2D eigenvalue weighted by Crippen LogP contribution is 2.37. The van der Waals surface area contributed by atoms with Crippen molar-refractivity contribution in [1.29, 1.82) is 0 Å². The fourth-order valence-electron chi connectivity index (χ4n) is 4.71. The number of hydrogen-bond donors (Lipinski definition) is 2. The highest BCUT2D eigenvalue weighted by atomic mass is 19.1. The maximum Gasteiger partial charge on any atom is 0.412 e. The number of alkyl halides is 1. The second kappa shape index (κ2) is 10.5. The number of carbonyl (C=O) groups excluding carboxylic acids is 2. The molecule has 1 fully saturated rings. The number of piperidine rings is 1. The lowest BCUT2D eigenvalue weighted by atomic mass is 9.83. The van der Waals surface area contributed by atoms with Gasteiger partial charge in [0, 0.05) is 44.1 Å². The summed E-state index contributed by atoms with van der Waals surface area (Å²) in [5, 5.41) is 11.3. The zero-order valence-electron chi connectivity index (χ0n) is 20.8. The molecule has 0 bridgehead atoms. The highest BCUT2D eigenvalue weighted by Gasteiger charge is 2.45. The monoisotopic (exact) mass is 497 g/mol. The topological polar surface area (TPSA) is 120 Å². The first-order valence-electron chi connectivity index (χ1n) is 12.0. The predicted octanol–water partition coefficient (Wildman–Crippen LogP) is 3.39. The third-order valence-corrected chi connectivity index (χ3v) is 6.94. The van der Waals surface area contributed by atoms with Gasteiger partial charge in [0.15, 0.2) is 5.82 Å². The van der Waals surface area contributed by atoms with E-state index in [1.165, 1.54) is 18.0 Å². The number of anilines is 1. The summed E-state index contributed by atoms with van der Waals surface area (Å²) < 4.78 is 23.7. The molecule has 1 saturated heterocycles. The van der Waals surface area contributed by atoms with Crippen LogP contribution in [0.2, 0.25) is 0 Å². The molecular formula is C25H32FN7O3. The Morgan fingerprint density at radius 1 is 1.22 bits per heavy atom. The van der Waals surface area contributed by atoms with Gasteiger partial charge in [0.25, 0.3) is 5.91 Å². The van der Waals surface area contributed by atoms with Crippen LogP contribution in [0.15, 0.2) is 42.7 Å². The van der Waals surface area contributed by atoms with Crippen molar-refractivity contribution in [3.8, 4) is 11.3 Å². The number of nitrogens with zero attached hydrogens (tertiary/aromatic N) is 5. The van der Waals surface area contributed by atoms with Crippen LogP contribution in [0.25, 0.3) is 11.3 Å². The summed E-state index contributed by atoms with van der Waals surface area (Å²) in [6.07, 6.45) is 2.27. The van der Waals surface area contributed by atoms with Gasteiger partial charge in [-0.2, -0.15) is 10.2 Å². The smallest absolute Gasteiger partial charge is 0.412 e. The molecule has 0 saturated carbocycles. The minimum absolute atomic E-state index is 0.00622. The SMILES string of the molecule is CCn1ccc(-c2ccc(CN3CCC(CC)(n4cc(C(N)=O)c(NC(=O)OC)n4)C(F)C3)cc2)n1. The molecule has 0 aliphatic carbocycles. The molecule has 3 heterocycles. The Morgan fingerprint density at radius 3 is 2.56 bits per heavy atom. The normalized spacial score (nSPS) is 20.3. The first-order chi connectivity index (χ1) is 17.3.